The number of nitrogens with one attached hydrogen (secondary N) is 2. The van der Waals surface area contributed by atoms with Gasteiger partial charge in [0.2, 0.25) is 11.8 Å². The molecule has 1 unspecified atom stereocenters. The number of carbonyl (C=O) groups excluding carboxylic acids is 2. The summed E-state index contributed by atoms with van der Waals surface area (Å²) in [5, 5.41) is 5.61. The Bertz CT molecular complexity index is 672. The zero-order chi connectivity index (χ0) is 17.4. The van der Waals surface area contributed by atoms with Gasteiger partial charge in [0.1, 0.15) is 6.04 Å². The summed E-state index contributed by atoms with van der Waals surface area (Å²) in [6.07, 6.45) is 0. The van der Waals surface area contributed by atoms with Gasteiger partial charge in [-0.25, -0.2) is 0 Å². The third kappa shape index (κ3) is 6.08. The maximum Gasteiger partial charge on any atom is 0.243 e. The van der Waals surface area contributed by atoms with E-state index < -0.39 is 6.04 Å². The number of carbonyl (C=O) groups is 2. The molecule has 2 amide bonds. The molecule has 2 aromatic carbocycles. The molecule has 0 saturated carbocycles. The molecule has 0 radical (unpaired) electrons. The van der Waals surface area contributed by atoms with Crippen LogP contribution in [0.3, 0.4) is 0 Å². The van der Waals surface area contributed by atoms with Crippen LogP contribution in [0.4, 0.5) is 0 Å². The van der Waals surface area contributed by atoms with Gasteiger partial charge in [0.25, 0.3) is 0 Å². The lowest BCUT2D eigenvalue weighted by molar-refractivity contribution is -0.127. The number of aryl methyl sites for hydroxylation is 1. The molecule has 4 nitrogen and oxygen atoms in total. The maximum atomic E-state index is 12.4. The van der Waals surface area contributed by atoms with Crippen molar-refractivity contribution in [3.8, 4) is 0 Å². The minimum absolute atomic E-state index is 0.173. The molecule has 0 fully saturated rings. The Labute approximate surface area is 147 Å². The standard InChI is InChI=1S/C19H22N2O2S/c1-14-8-10-17(11-9-14)24-13-18(21-15(2)22)19(23)20-12-16-6-4-3-5-7-16/h3-11,18H,12-13H2,1-2H3,(H,20,23)(H,21,22). The monoisotopic (exact) mass is 342 g/mol. The van der Waals surface area contributed by atoms with E-state index in [4.69, 9.17) is 0 Å². The van der Waals surface area contributed by atoms with Crippen LogP contribution in [-0.2, 0) is 16.1 Å². The molecule has 0 heterocycles. The first-order valence-corrected chi connectivity index (χ1v) is 8.81. The summed E-state index contributed by atoms with van der Waals surface area (Å²) < 4.78 is 0. The normalized spacial score (nSPS) is 11.6. The zero-order valence-electron chi connectivity index (χ0n) is 13.9. The molecule has 1 atom stereocenters. The van der Waals surface area contributed by atoms with Gasteiger partial charge in [-0.3, -0.25) is 9.59 Å². The van der Waals surface area contributed by atoms with Gasteiger partial charge in [0.05, 0.1) is 0 Å². The first-order valence-electron chi connectivity index (χ1n) is 7.83. The van der Waals surface area contributed by atoms with Crippen molar-refractivity contribution in [2.45, 2.75) is 31.3 Å². The molecule has 5 heteroatoms. The van der Waals surface area contributed by atoms with Crippen LogP contribution in [0.2, 0.25) is 0 Å². The Kier molecular flexibility index (Phi) is 6.88. The number of amides is 2. The summed E-state index contributed by atoms with van der Waals surface area (Å²) in [6, 6.07) is 17.3. The van der Waals surface area contributed by atoms with Gasteiger partial charge in [-0.1, -0.05) is 48.0 Å². The number of benzene rings is 2. The highest BCUT2D eigenvalue weighted by Gasteiger charge is 2.19. The highest BCUT2D eigenvalue weighted by Crippen LogP contribution is 2.19. The van der Waals surface area contributed by atoms with E-state index in [1.54, 1.807) is 11.8 Å². The molecular formula is C19H22N2O2S. The first-order chi connectivity index (χ1) is 11.5. The highest BCUT2D eigenvalue weighted by molar-refractivity contribution is 7.99. The Morgan fingerprint density at radius 2 is 1.71 bits per heavy atom. The SMILES string of the molecule is CC(=O)NC(CSc1ccc(C)cc1)C(=O)NCc1ccccc1. The first kappa shape index (κ1) is 18.1. The molecule has 126 valence electrons. The summed E-state index contributed by atoms with van der Waals surface area (Å²) in [7, 11) is 0. The Balaban J connectivity index is 1.92. The van der Waals surface area contributed by atoms with Crippen molar-refractivity contribution in [2.75, 3.05) is 5.75 Å². The van der Waals surface area contributed by atoms with Crippen LogP contribution in [-0.4, -0.2) is 23.6 Å². The molecule has 0 aliphatic carbocycles. The number of rotatable bonds is 7. The van der Waals surface area contributed by atoms with Gasteiger partial charge in [0, 0.05) is 24.1 Å². The van der Waals surface area contributed by atoms with E-state index >= 15 is 0 Å². The van der Waals surface area contributed by atoms with E-state index in [1.165, 1.54) is 12.5 Å². The molecule has 24 heavy (non-hydrogen) atoms. The van der Waals surface area contributed by atoms with Crippen LogP contribution in [0.15, 0.2) is 59.5 Å². The van der Waals surface area contributed by atoms with Gasteiger partial charge in [-0.05, 0) is 24.6 Å². The smallest absolute Gasteiger partial charge is 0.243 e. The molecule has 0 saturated heterocycles. The highest BCUT2D eigenvalue weighted by atomic mass is 32.2. The summed E-state index contributed by atoms with van der Waals surface area (Å²) in [5.74, 6) is 0.108. The molecule has 2 N–H and O–H groups in total. The summed E-state index contributed by atoms with van der Waals surface area (Å²) in [4.78, 5) is 24.9. The van der Waals surface area contributed by atoms with E-state index in [-0.39, 0.29) is 11.8 Å². The van der Waals surface area contributed by atoms with Crippen molar-refractivity contribution < 1.29 is 9.59 Å². The second kappa shape index (κ2) is 9.13. The fourth-order valence-electron chi connectivity index (χ4n) is 2.15. The van der Waals surface area contributed by atoms with E-state index in [9.17, 15) is 9.59 Å². The zero-order valence-corrected chi connectivity index (χ0v) is 14.7. The predicted molar refractivity (Wildman–Crippen MR) is 97.8 cm³/mol. The molecule has 0 aliphatic rings. The van der Waals surface area contributed by atoms with Crippen molar-refractivity contribution in [3.63, 3.8) is 0 Å². The summed E-state index contributed by atoms with van der Waals surface area (Å²) in [5.41, 5.74) is 2.22. The van der Waals surface area contributed by atoms with E-state index in [0.29, 0.717) is 12.3 Å². The molecule has 0 aromatic heterocycles. The number of hydrogen-bond donors (Lipinski definition) is 2. The lowest BCUT2D eigenvalue weighted by Crippen LogP contribution is -2.47. The molecule has 2 aromatic rings. The molecule has 2 rings (SSSR count). The largest absolute Gasteiger partial charge is 0.350 e. The summed E-state index contributed by atoms with van der Waals surface area (Å²) >= 11 is 1.55. The van der Waals surface area contributed by atoms with Gasteiger partial charge >= 0.3 is 0 Å². The third-order valence-corrected chi connectivity index (χ3v) is 4.55. The number of hydrogen-bond acceptors (Lipinski definition) is 3. The van der Waals surface area contributed by atoms with Crippen molar-refractivity contribution in [3.05, 3.63) is 65.7 Å². The van der Waals surface area contributed by atoms with E-state index in [2.05, 4.69) is 10.6 Å². The maximum absolute atomic E-state index is 12.4. The molecular weight excluding hydrogens is 320 g/mol. The third-order valence-electron chi connectivity index (χ3n) is 3.44. The minimum Gasteiger partial charge on any atom is -0.350 e. The quantitative estimate of drug-likeness (QED) is 0.761. The number of thioether (sulfide) groups is 1. The van der Waals surface area contributed by atoms with Gasteiger partial charge < -0.3 is 10.6 Å². The van der Waals surface area contributed by atoms with Crippen molar-refractivity contribution in [2.24, 2.45) is 0 Å². The van der Waals surface area contributed by atoms with E-state index in [0.717, 1.165) is 10.5 Å². The second-order valence-electron chi connectivity index (χ2n) is 5.58. The lowest BCUT2D eigenvalue weighted by atomic mass is 10.2. The molecule has 0 bridgehead atoms. The summed E-state index contributed by atoms with van der Waals surface area (Å²) in [6.45, 7) is 3.91. The van der Waals surface area contributed by atoms with Gasteiger partial charge in [-0.15, -0.1) is 11.8 Å². The predicted octanol–water partition coefficient (Wildman–Crippen LogP) is 2.91. The van der Waals surface area contributed by atoms with E-state index in [1.807, 2.05) is 61.5 Å². The van der Waals surface area contributed by atoms with Gasteiger partial charge in [0.15, 0.2) is 0 Å². The van der Waals surface area contributed by atoms with Crippen molar-refractivity contribution in [1.29, 1.82) is 0 Å². The lowest BCUT2D eigenvalue weighted by Gasteiger charge is -2.17. The molecule has 0 aliphatic heterocycles. The van der Waals surface area contributed by atoms with Crippen molar-refractivity contribution >= 4 is 23.6 Å². The fraction of sp³-hybridized carbons (Fsp3) is 0.263. The fourth-order valence-corrected chi connectivity index (χ4v) is 3.07. The Morgan fingerprint density at radius 1 is 1.04 bits per heavy atom. The Morgan fingerprint density at radius 3 is 2.33 bits per heavy atom. The van der Waals surface area contributed by atoms with Crippen LogP contribution >= 0.6 is 11.8 Å². The van der Waals surface area contributed by atoms with Crippen LogP contribution in [0, 0.1) is 6.92 Å². The minimum atomic E-state index is -0.558. The van der Waals surface area contributed by atoms with Crippen LogP contribution in [0.5, 0.6) is 0 Å². The topological polar surface area (TPSA) is 58.2 Å². The van der Waals surface area contributed by atoms with Crippen LogP contribution in [0.1, 0.15) is 18.1 Å². The Hall–Kier alpha value is -2.27. The van der Waals surface area contributed by atoms with Crippen LogP contribution < -0.4 is 10.6 Å². The molecule has 0 spiro atoms. The average molecular weight is 342 g/mol. The second-order valence-corrected chi connectivity index (χ2v) is 6.67. The van der Waals surface area contributed by atoms with Crippen LogP contribution in [0.25, 0.3) is 0 Å². The average Bonchev–Trinajstić information content (AvgIpc) is 2.58. The van der Waals surface area contributed by atoms with Crippen molar-refractivity contribution in [1.82, 2.24) is 10.6 Å². The van der Waals surface area contributed by atoms with Gasteiger partial charge in [-0.2, -0.15) is 0 Å².